The van der Waals surface area contributed by atoms with E-state index in [1.807, 2.05) is 49.4 Å². The van der Waals surface area contributed by atoms with Gasteiger partial charge < -0.3 is 37.6 Å². The van der Waals surface area contributed by atoms with Gasteiger partial charge in [0.25, 0.3) is 0 Å². The molecule has 2 fully saturated rings. The Bertz CT molecular complexity index is 1730. The normalized spacial score (nSPS) is 24.1. The molecule has 2 saturated heterocycles. The summed E-state index contributed by atoms with van der Waals surface area (Å²) in [4.78, 5) is 12.2. The van der Waals surface area contributed by atoms with Gasteiger partial charge in [0.2, 0.25) is 0 Å². The van der Waals surface area contributed by atoms with Crippen molar-refractivity contribution >= 4 is 14.6 Å². The number of ether oxygens (including phenoxy) is 6. The summed E-state index contributed by atoms with van der Waals surface area (Å²) in [7, 11) is 1.17. The molecule has 1 spiro atoms. The average molecular weight is 795 g/mol. The smallest absolute Gasteiger partial charge is 0.192 e. The highest BCUT2D eigenvalue weighted by Gasteiger charge is 2.52. The molecule has 6 rings (SSSR count). The fraction of sp³-hybridized carbons (Fsp3) is 0.479. The Labute approximate surface area is 341 Å². The Kier molecular flexibility index (Phi) is 13.8. The van der Waals surface area contributed by atoms with Gasteiger partial charge in [-0.15, -0.1) is 0 Å². The van der Waals surface area contributed by atoms with Gasteiger partial charge in [-0.1, -0.05) is 119 Å². The van der Waals surface area contributed by atoms with Gasteiger partial charge in [0.15, 0.2) is 14.1 Å². The minimum Gasteiger partial charge on any atom is -0.497 e. The number of benzene rings is 4. The van der Waals surface area contributed by atoms with E-state index >= 15 is 0 Å². The number of hydrogen-bond acceptors (Lipinski definition) is 8. The van der Waals surface area contributed by atoms with E-state index in [4.69, 9.17) is 32.8 Å². The molecule has 0 unspecified atom stereocenters. The molecule has 0 radical (unpaired) electrons. The molecule has 0 bridgehead atoms. The molecule has 0 saturated carbocycles. The summed E-state index contributed by atoms with van der Waals surface area (Å²) >= 11 is 0. The molecule has 57 heavy (non-hydrogen) atoms. The standard InChI is InChI=1S/C48H62O8Si/c1-35(33-49)45(53-40-26-24-39(50-5)25-27-40)30-41-28-42(51-6)31-47(54-41)32-43(56-57(7,8)46(2,3)4)29-44(55-47)34-52-48(36-18-12-9-13-19-36,37-20-14-10-15-21-37)38-22-16-11-17-23-38/h9-27,33,35,41-45H,28-32,34H2,1-8H3/t35-,41-,42-,43-,44+,45+,47+/m0/s1. The summed E-state index contributed by atoms with van der Waals surface area (Å²) < 4.78 is 46.9. The van der Waals surface area contributed by atoms with E-state index in [2.05, 4.69) is 107 Å². The van der Waals surface area contributed by atoms with Gasteiger partial charge in [0.05, 0.1) is 38.1 Å². The van der Waals surface area contributed by atoms with Crippen molar-refractivity contribution in [3.63, 3.8) is 0 Å². The number of carbonyl (C=O) groups is 1. The van der Waals surface area contributed by atoms with Crippen LogP contribution in [-0.4, -0.2) is 71.7 Å². The molecule has 9 heteroatoms. The van der Waals surface area contributed by atoms with Crippen molar-refractivity contribution in [2.75, 3.05) is 20.8 Å². The number of carbonyl (C=O) groups excluding carboxylic acids is 1. The molecule has 0 aliphatic carbocycles. The molecule has 4 aromatic rings. The van der Waals surface area contributed by atoms with E-state index in [-0.39, 0.29) is 42.0 Å². The van der Waals surface area contributed by atoms with E-state index in [9.17, 15) is 4.79 Å². The summed E-state index contributed by atoms with van der Waals surface area (Å²) in [6.07, 6.45) is 2.45. The van der Waals surface area contributed by atoms with E-state index in [1.165, 1.54) is 0 Å². The monoisotopic (exact) mass is 794 g/mol. The second-order valence-electron chi connectivity index (χ2n) is 17.3. The summed E-state index contributed by atoms with van der Waals surface area (Å²) in [5, 5.41) is 0.00948. The number of aldehydes is 1. The van der Waals surface area contributed by atoms with Crippen LogP contribution in [0.5, 0.6) is 11.5 Å². The Morgan fingerprint density at radius 3 is 1.72 bits per heavy atom. The molecule has 2 aliphatic rings. The number of methoxy groups -OCH3 is 2. The zero-order chi connectivity index (χ0) is 40.7. The lowest BCUT2D eigenvalue weighted by Crippen LogP contribution is -2.58. The first-order valence-electron chi connectivity index (χ1n) is 20.4. The van der Waals surface area contributed by atoms with Crippen LogP contribution in [0.25, 0.3) is 0 Å². The van der Waals surface area contributed by atoms with Crippen LogP contribution in [0.2, 0.25) is 18.1 Å². The molecule has 2 aliphatic heterocycles. The third-order valence-corrected chi connectivity index (χ3v) is 16.7. The van der Waals surface area contributed by atoms with Gasteiger partial charge in [-0.2, -0.15) is 0 Å². The van der Waals surface area contributed by atoms with E-state index < -0.39 is 25.8 Å². The van der Waals surface area contributed by atoms with E-state index in [1.54, 1.807) is 14.2 Å². The topological polar surface area (TPSA) is 81.7 Å². The van der Waals surface area contributed by atoms with Crippen LogP contribution < -0.4 is 9.47 Å². The lowest BCUT2D eigenvalue weighted by molar-refractivity contribution is -0.345. The Balaban J connectivity index is 1.34. The van der Waals surface area contributed by atoms with Crippen molar-refractivity contribution < 1.29 is 37.6 Å². The number of hydrogen-bond donors (Lipinski definition) is 0. The largest absolute Gasteiger partial charge is 0.497 e. The predicted molar refractivity (Wildman–Crippen MR) is 226 cm³/mol. The van der Waals surface area contributed by atoms with Crippen molar-refractivity contribution in [2.24, 2.45) is 5.92 Å². The van der Waals surface area contributed by atoms with Crippen LogP contribution in [0, 0.1) is 5.92 Å². The van der Waals surface area contributed by atoms with Crippen molar-refractivity contribution in [1.29, 1.82) is 0 Å². The summed E-state index contributed by atoms with van der Waals surface area (Å²) in [6, 6.07) is 38.7. The second kappa shape index (κ2) is 18.4. The van der Waals surface area contributed by atoms with Crippen LogP contribution in [-0.2, 0) is 33.8 Å². The van der Waals surface area contributed by atoms with Gasteiger partial charge in [-0.3, -0.25) is 0 Å². The van der Waals surface area contributed by atoms with E-state index in [0.717, 1.165) is 28.7 Å². The minimum absolute atomic E-state index is 0.00948. The molecular formula is C48H62O8Si. The first-order valence-corrected chi connectivity index (χ1v) is 23.3. The zero-order valence-electron chi connectivity index (χ0n) is 35.0. The molecule has 7 atom stereocenters. The lowest BCUT2D eigenvalue weighted by atomic mass is 9.80. The molecule has 0 aromatic heterocycles. The maximum atomic E-state index is 12.2. The third-order valence-electron chi connectivity index (χ3n) is 12.2. The SMILES string of the molecule is COc1ccc(O[C@H](C[C@@H]2C[C@H](OC)C[C@@]3(C[C@@H](O[Si](C)(C)C(C)(C)C)C[C@H](COC(c4ccccc4)(c4ccccc4)c4ccccc4)O3)O2)[C@@H](C)C=O)cc1. The van der Waals surface area contributed by atoms with Crippen LogP contribution in [0.1, 0.15) is 76.5 Å². The maximum absolute atomic E-state index is 12.2. The third kappa shape index (κ3) is 10.1. The summed E-state index contributed by atoms with van der Waals surface area (Å²) in [5.74, 6) is 0.0157. The maximum Gasteiger partial charge on any atom is 0.192 e. The Hall–Kier alpha value is -3.83. The fourth-order valence-electron chi connectivity index (χ4n) is 8.10. The number of rotatable bonds is 16. The molecule has 2 heterocycles. The van der Waals surface area contributed by atoms with Crippen molar-refractivity contribution in [3.05, 3.63) is 132 Å². The lowest BCUT2D eigenvalue weighted by Gasteiger charge is -2.52. The molecule has 0 N–H and O–H groups in total. The fourth-order valence-corrected chi connectivity index (χ4v) is 9.46. The Morgan fingerprint density at radius 2 is 1.23 bits per heavy atom. The highest BCUT2D eigenvalue weighted by atomic mass is 28.4. The van der Waals surface area contributed by atoms with Gasteiger partial charge >= 0.3 is 0 Å². The predicted octanol–water partition coefficient (Wildman–Crippen LogP) is 10.1. The van der Waals surface area contributed by atoms with Gasteiger partial charge in [0.1, 0.15) is 29.5 Å². The van der Waals surface area contributed by atoms with Crippen LogP contribution in [0.4, 0.5) is 0 Å². The highest BCUT2D eigenvalue weighted by Crippen LogP contribution is 2.47. The van der Waals surface area contributed by atoms with Gasteiger partial charge in [-0.05, 0) is 59.1 Å². The molecule has 8 nitrogen and oxygen atoms in total. The molecule has 4 aromatic carbocycles. The molecular weight excluding hydrogens is 733 g/mol. The minimum atomic E-state index is -2.21. The quantitative estimate of drug-likeness (QED) is 0.0630. The Morgan fingerprint density at radius 1 is 0.737 bits per heavy atom. The van der Waals surface area contributed by atoms with E-state index in [0.29, 0.717) is 37.9 Å². The van der Waals surface area contributed by atoms with Crippen LogP contribution in [0.15, 0.2) is 115 Å². The van der Waals surface area contributed by atoms with Crippen molar-refractivity contribution in [3.8, 4) is 11.5 Å². The zero-order valence-corrected chi connectivity index (χ0v) is 36.0. The van der Waals surface area contributed by atoms with Gasteiger partial charge in [-0.25, -0.2) is 0 Å². The highest BCUT2D eigenvalue weighted by molar-refractivity contribution is 6.74. The summed E-state index contributed by atoms with van der Waals surface area (Å²) in [5.41, 5.74) is 2.18. The van der Waals surface area contributed by atoms with Crippen molar-refractivity contribution in [2.45, 2.75) is 120 Å². The van der Waals surface area contributed by atoms with Crippen molar-refractivity contribution in [1.82, 2.24) is 0 Å². The second-order valence-corrected chi connectivity index (χ2v) is 22.0. The first-order chi connectivity index (χ1) is 27.3. The first kappa shape index (κ1) is 42.8. The molecule has 306 valence electrons. The van der Waals surface area contributed by atoms with Crippen LogP contribution >= 0.6 is 0 Å². The summed E-state index contributed by atoms with van der Waals surface area (Å²) in [6.45, 7) is 13.6. The van der Waals surface area contributed by atoms with Gasteiger partial charge in [0, 0.05) is 45.1 Å². The average Bonchev–Trinajstić information content (AvgIpc) is 3.21. The van der Waals surface area contributed by atoms with Crippen LogP contribution in [0.3, 0.4) is 0 Å². The molecule has 0 amide bonds.